The summed E-state index contributed by atoms with van der Waals surface area (Å²) in [7, 11) is 0. The summed E-state index contributed by atoms with van der Waals surface area (Å²) >= 11 is 0. The fraction of sp³-hybridized carbons (Fsp3) is 0.600. The first-order valence-electron chi connectivity index (χ1n) is 4.36. The topological polar surface area (TPSA) is 26.3 Å². The lowest BCUT2D eigenvalue weighted by molar-refractivity contribution is -0.135. The quantitative estimate of drug-likeness (QED) is 0.347. The monoisotopic (exact) mass is 169 g/mol. The molecule has 2 nitrogen and oxygen atoms in total. The molecule has 0 amide bonds. The molecule has 0 bridgehead atoms. The number of carbonyl (C=O) groups excluding carboxylic acids is 1. The van der Waals surface area contributed by atoms with Crippen LogP contribution in [-0.4, -0.2) is 5.97 Å². The third-order valence-corrected chi connectivity index (χ3v) is 1.46. The molecule has 0 aromatic heterocycles. The van der Waals surface area contributed by atoms with Gasteiger partial charge in [-0.3, -0.25) is 0 Å². The molecule has 0 aromatic rings. The molecule has 0 rings (SSSR count). The minimum Gasteiger partial charge on any atom is -0.455 e. The lowest BCUT2D eigenvalue weighted by Crippen LogP contribution is -2.02. The highest BCUT2D eigenvalue weighted by atomic mass is 16.5. The van der Waals surface area contributed by atoms with Gasteiger partial charge < -0.3 is 4.74 Å². The summed E-state index contributed by atoms with van der Waals surface area (Å²) in [6.45, 7) is 8.82. The Morgan fingerprint density at radius 2 is 2.17 bits per heavy atom. The van der Waals surface area contributed by atoms with Crippen molar-refractivity contribution < 1.29 is 9.53 Å². The highest BCUT2D eigenvalue weighted by Gasteiger charge is 2.01. The van der Waals surface area contributed by atoms with Gasteiger partial charge in [0.2, 0.25) is 0 Å². The van der Waals surface area contributed by atoms with Gasteiger partial charge in [0.1, 0.15) is 6.61 Å². The van der Waals surface area contributed by atoms with Crippen LogP contribution in [0.15, 0.2) is 12.2 Å². The molecule has 0 aliphatic carbocycles. The van der Waals surface area contributed by atoms with E-state index in [1.807, 2.05) is 0 Å². The minimum absolute atomic E-state index is 0.327. The van der Waals surface area contributed by atoms with Crippen LogP contribution in [0.4, 0.5) is 0 Å². The largest absolute Gasteiger partial charge is 0.455 e. The second kappa shape index (κ2) is 6.89. The summed E-state index contributed by atoms with van der Waals surface area (Å²) in [6, 6.07) is 0. The molecular formula is C10H17O2. The number of rotatable bonds is 6. The number of ether oxygens (including phenoxy) is 1. The Hall–Kier alpha value is -0.790. The van der Waals surface area contributed by atoms with E-state index in [-0.39, 0.29) is 5.97 Å². The second-order valence-electron chi connectivity index (χ2n) is 2.85. The Balaban J connectivity index is 3.20. The van der Waals surface area contributed by atoms with Crippen LogP contribution in [0, 0.1) is 6.61 Å². The van der Waals surface area contributed by atoms with Gasteiger partial charge in [-0.05, 0) is 19.8 Å². The number of unbranched alkanes of at least 4 members (excludes halogenated alkanes) is 3. The highest BCUT2D eigenvalue weighted by molar-refractivity contribution is 5.87. The summed E-state index contributed by atoms with van der Waals surface area (Å²) in [6.07, 6.45) is 4.29. The molecule has 0 N–H and O–H groups in total. The molecule has 12 heavy (non-hydrogen) atoms. The van der Waals surface area contributed by atoms with Crippen LogP contribution in [0.3, 0.4) is 0 Å². The van der Waals surface area contributed by atoms with Crippen LogP contribution < -0.4 is 0 Å². The summed E-state index contributed by atoms with van der Waals surface area (Å²) in [5.41, 5.74) is 0.446. The molecule has 0 aliphatic rings. The first kappa shape index (κ1) is 11.2. The maximum Gasteiger partial charge on any atom is 0.333 e. The molecule has 0 aromatic carbocycles. The van der Waals surface area contributed by atoms with Gasteiger partial charge in [0.05, 0.1) is 0 Å². The van der Waals surface area contributed by atoms with Gasteiger partial charge in [-0.25, -0.2) is 4.79 Å². The zero-order valence-corrected chi connectivity index (χ0v) is 7.93. The van der Waals surface area contributed by atoms with Crippen LogP contribution in [0.5, 0.6) is 0 Å². The maximum atomic E-state index is 10.8. The lowest BCUT2D eigenvalue weighted by atomic mass is 10.2. The predicted octanol–water partition coefficient (Wildman–Crippen LogP) is 2.85. The molecule has 0 saturated heterocycles. The van der Waals surface area contributed by atoms with Crippen molar-refractivity contribution in [2.45, 2.75) is 39.5 Å². The van der Waals surface area contributed by atoms with Crippen LogP contribution in [0.2, 0.25) is 0 Å². The lowest BCUT2D eigenvalue weighted by Gasteiger charge is -2.01. The van der Waals surface area contributed by atoms with Crippen molar-refractivity contribution in [2.24, 2.45) is 0 Å². The third-order valence-electron chi connectivity index (χ3n) is 1.46. The molecular weight excluding hydrogens is 152 g/mol. The number of hydrogen-bond acceptors (Lipinski definition) is 2. The van der Waals surface area contributed by atoms with E-state index < -0.39 is 0 Å². The average molecular weight is 169 g/mol. The van der Waals surface area contributed by atoms with Gasteiger partial charge in [-0.1, -0.05) is 26.3 Å². The van der Waals surface area contributed by atoms with E-state index in [0.29, 0.717) is 5.57 Å². The van der Waals surface area contributed by atoms with Crippen molar-refractivity contribution in [1.29, 1.82) is 0 Å². The van der Waals surface area contributed by atoms with Crippen molar-refractivity contribution in [3.8, 4) is 0 Å². The molecule has 0 spiro atoms. The minimum atomic E-state index is -0.327. The summed E-state index contributed by atoms with van der Waals surface area (Å²) in [5, 5.41) is 0. The van der Waals surface area contributed by atoms with E-state index in [0.717, 1.165) is 12.8 Å². The van der Waals surface area contributed by atoms with Crippen molar-refractivity contribution in [3.05, 3.63) is 18.8 Å². The Morgan fingerprint density at radius 3 is 2.67 bits per heavy atom. The molecule has 0 heterocycles. The van der Waals surface area contributed by atoms with Gasteiger partial charge in [0, 0.05) is 5.57 Å². The van der Waals surface area contributed by atoms with E-state index in [1.165, 1.54) is 12.8 Å². The molecule has 2 heteroatoms. The summed E-state index contributed by atoms with van der Waals surface area (Å²) < 4.78 is 4.79. The third kappa shape index (κ3) is 5.96. The SMILES string of the molecule is C=C(C)C(=O)O[CH]CCCCC. The zero-order chi connectivity index (χ0) is 9.40. The number of hydrogen-bond donors (Lipinski definition) is 0. The summed E-state index contributed by atoms with van der Waals surface area (Å²) in [4.78, 5) is 10.8. The van der Waals surface area contributed by atoms with E-state index in [9.17, 15) is 4.79 Å². The van der Waals surface area contributed by atoms with Crippen LogP contribution >= 0.6 is 0 Å². The fourth-order valence-corrected chi connectivity index (χ4v) is 0.713. The number of carbonyl (C=O) groups is 1. The van der Waals surface area contributed by atoms with Crippen LogP contribution in [-0.2, 0) is 9.53 Å². The smallest absolute Gasteiger partial charge is 0.333 e. The summed E-state index contributed by atoms with van der Waals surface area (Å²) in [5.74, 6) is -0.327. The van der Waals surface area contributed by atoms with Crippen molar-refractivity contribution >= 4 is 5.97 Å². The fourth-order valence-electron chi connectivity index (χ4n) is 0.713. The molecule has 69 valence electrons. The van der Waals surface area contributed by atoms with Crippen LogP contribution in [0.25, 0.3) is 0 Å². The molecule has 0 atom stereocenters. The van der Waals surface area contributed by atoms with Gasteiger partial charge in [0.25, 0.3) is 0 Å². The number of esters is 1. The predicted molar refractivity (Wildman–Crippen MR) is 49.3 cm³/mol. The van der Waals surface area contributed by atoms with Crippen molar-refractivity contribution in [2.75, 3.05) is 0 Å². The molecule has 0 unspecified atom stereocenters. The van der Waals surface area contributed by atoms with E-state index in [2.05, 4.69) is 13.5 Å². The first-order chi connectivity index (χ1) is 5.68. The Labute approximate surface area is 74.6 Å². The van der Waals surface area contributed by atoms with Crippen molar-refractivity contribution in [3.63, 3.8) is 0 Å². The molecule has 1 radical (unpaired) electrons. The van der Waals surface area contributed by atoms with Gasteiger partial charge in [-0.15, -0.1) is 0 Å². The average Bonchev–Trinajstić information content (AvgIpc) is 2.03. The maximum absolute atomic E-state index is 10.8. The van der Waals surface area contributed by atoms with Gasteiger partial charge >= 0.3 is 5.97 Å². The normalized spacial score (nSPS) is 9.50. The first-order valence-corrected chi connectivity index (χ1v) is 4.36. The Morgan fingerprint density at radius 1 is 1.50 bits per heavy atom. The Kier molecular flexibility index (Phi) is 6.44. The Bertz CT molecular complexity index is 150. The molecule has 0 saturated carbocycles. The standard InChI is InChI=1S/C10H17O2/c1-4-5-6-7-8-12-10(11)9(2)3/h8H,2,4-7H2,1,3H3. The van der Waals surface area contributed by atoms with Crippen molar-refractivity contribution in [1.82, 2.24) is 0 Å². The van der Waals surface area contributed by atoms with Crippen LogP contribution in [0.1, 0.15) is 39.5 Å². The van der Waals surface area contributed by atoms with Gasteiger partial charge in [0.15, 0.2) is 0 Å². The molecule has 0 fully saturated rings. The van der Waals surface area contributed by atoms with Gasteiger partial charge in [-0.2, -0.15) is 0 Å². The zero-order valence-electron chi connectivity index (χ0n) is 7.93. The highest BCUT2D eigenvalue weighted by Crippen LogP contribution is 2.03. The molecule has 0 aliphatic heterocycles. The second-order valence-corrected chi connectivity index (χ2v) is 2.85. The van der Waals surface area contributed by atoms with E-state index in [1.54, 1.807) is 13.5 Å². The van der Waals surface area contributed by atoms with E-state index in [4.69, 9.17) is 4.74 Å². The van der Waals surface area contributed by atoms with E-state index >= 15 is 0 Å².